The maximum Gasteiger partial charge on any atom is 0.258 e. The van der Waals surface area contributed by atoms with E-state index in [1.165, 1.54) is 30.2 Å². The Morgan fingerprint density at radius 2 is 1.49 bits per heavy atom. The number of anilines is 4. The number of phenolic OH excluding ortho intramolecular Hbond substituents is 1. The molecule has 2 saturated heterocycles. The van der Waals surface area contributed by atoms with Crippen molar-refractivity contribution in [2.75, 3.05) is 22.2 Å². The third-order valence-electron chi connectivity index (χ3n) is 10.8. The zero-order chi connectivity index (χ0) is 37.2. The summed E-state index contributed by atoms with van der Waals surface area (Å²) < 4.78 is 19.2. The Labute approximate surface area is 314 Å². The van der Waals surface area contributed by atoms with Crippen LogP contribution >= 0.6 is 23.2 Å². The number of para-hydroxylation sites is 1. The van der Waals surface area contributed by atoms with Gasteiger partial charge in [0.1, 0.15) is 5.82 Å². The van der Waals surface area contributed by atoms with Gasteiger partial charge in [-0.25, -0.2) is 9.29 Å². The molecule has 8 rings (SSSR count). The molecule has 6 atom stereocenters. The second-order valence-corrected chi connectivity index (χ2v) is 14.9. The lowest BCUT2D eigenvalue weighted by Gasteiger charge is -2.49. The van der Waals surface area contributed by atoms with Crippen LogP contribution in [0.4, 0.5) is 27.1 Å². The van der Waals surface area contributed by atoms with Crippen LogP contribution in [0.3, 0.4) is 0 Å². The first-order valence-corrected chi connectivity index (χ1v) is 17.8. The fraction of sp³-hybridized carbons (Fsp3) is 0.220. The maximum atomic E-state index is 14.5. The third-order valence-corrected chi connectivity index (χ3v) is 12.3. The number of carbonyl (C=O) groups is 4. The van der Waals surface area contributed by atoms with Crippen molar-refractivity contribution in [1.29, 1.82) is 0 Å². The molecule has 0 spiro atoms. The topological polar surface area (TPSA) is 116 Å². The molecule has 4 aromatic carbocycles. The number of hydrogen-bond acceptors (Lipinski definition) is 7. The molecule has 0 aromatic heterocycles. The van der Waals surface area contributed by atoms with Gasteiger partial charge in [0.25, 0.3) is 11.8 Å². The molecule has 4 aliphatic rings. The summed E-state index contributed by atoms with van der Waals surface area (Å²) in [5.74, 6) is -6.15. The molecule has 12 heteroatoms. The minimum absolute atomic E-state index is 0.0698. The van der Waals surface area contributed by atoms with Gasteiger partial charge in [-0.3, -0.25) is 24.1 Å². The van der Waals surface area contributed by atoms with Gasteiger partial charge < -0.3 is 15.2 Å². The number of halogens is 3. The average Bonchev–Trinajstić information content (AvgIpc) is 3.50. The van der Waals surface area contributed by atoms with Crippen molar-refractivity contribution >= 4 is 75.7 Å². The SMILES string of the molecule is COc1cc(C=C[C@H]2C3=CC[C@@H]4C(=O)N(c5ccc(Nc6ccccc6)cc5)C(=O)[C@@H]4[C@@H]3C[C@@]3(Cl)C(=O)N(c4ccc(F)cc4)C(=O)[C@@]23Cl)ccc1O. The molecule has 2 aliphatic heterocycles. The number of fused-ring (bicyclic) bond motifs is 4. The van der Waals surface area contributed by atoms with E-state index in [1.807, 2.05) is 36.4 Å². The second kappa shape index (κ2) is 12.9. The number of nitrogens with one attached hydrogen (secondary N) is 1. The van der Waals surface area contributed by atoms with Gasteiger partial charge in [0.05, 0.1) is 30.3 Å². The summed E-state index contributed by atoms with van der Waals surface area (Å²) in [4.78, 5) is 55.3. The van der Waals surface area contributed by atoms with Crippen LogP contribution in [-0.4, -0.2) is 45.6 Å². The van der Waals surface area contributed by atoms with E-state index in [9.17, 15) is 28.7 Å². The number of imide groups is 2. The van der Waals surface area contributed by atoms with Crippen LogP contribution in [-0.2, 0) is 19.2 Å². The molecule has 53 heavy (non-hydrogen) atoms. The van der Waals surface area contributed by atoms with Gasteiger partial charge in [-0.1, -0.05) is 48.1 Å². The Hall–Kier alpha value is -5.45. The highest BCUT2D eigenvalue weighted by atomic mass is 35.5. The summed E-state index contributed by atoms with van der Waals surface area (Å²) in [5, 5.41) is 13.5. The molecule has 1 saturated carbocycles. The number of nitrogens with zero attached hydrogens (tertiary/aromatic N) is 2. The number of phenols is 1. The summed E-state index contributed by atoms with van der Waals surface area (Å²) >= 11 is 14.8. The van der Waals surface area contributed by atoms with Crippen LogP contribution in [0.15, 0.2) is 115 Å². The summed E-state index contributed by atoms with van der Waals surface area (Å²) in [5.41, 5.74) is 3.36. The molecule has 9 nitrogen and oxygen atoms in total. The lowest BCUT2D eigenvalue weighted by atomic mass is 9.57. The predicted octanol–water partition coefficient (Wildman–Crippen LogP) is 7.60. The average molecular weight is 753 g/mol. The van der Waals surface area contributed by atoms with Crippen molar-refractivity contribution in [3.05, 3.63) is 126 Å². The monoisotopic (exact) mass is 751 g/mol. The zero-order valence-corrected chi connectivity index (χ0v) is 29.7. The molecule has 2 heterocycles. The van der Waals surface area contributed by atoms with Crippen LogP contribution < -0.4 is 19.9 Å². The first kappa shape index (κ1) is 34.6. The normalized spacial score (nSPS) is 27.8. The first-order chi connectivity index (χ1) is 25.5. The van der Waals surface area contributed by atoms with E-state index >= 15 is 0 Å². The number of carbonyl (C=O) groups excluding carboxylic acids is 4. The van der Waals surface area contributed by atoms with Gasteiger partial charge in [-0.2, -0.15) is 0 Å². The number of hydrogen-bond donors (Lipinski definition) is 2. The number of alkyl halides is 2. The number of allylic oxidation sites excluding steroid dienone is 3. The molecule has 0 bridgehead atoms. The van der Waals surface area contributed by atoms with Gasteiger partial charge >= 0.3 is 0 Å². The lowest BCUT2D eigenvalue weighted by molar-refractivity contribution is -0.125. The predicted molar refractivity (Wildman–Crippen MR) is 200 cm³/mol. The van der Waals surface area contributed by atoms with E-state index in [-0.39, 0.29) is 35.9 Å². The summed E-state index contributed by atoms with van der Waals surface area (Å²) in [6, 6.07) is 26.1. The lowest BCUT2D eigenvalue weighted by Crippen LogP contribution is -2.60. The van der Waals surface area contributed by atoms with Gasteiger partial charge in [0.15, 0.2) is 21.2 Å². The Kier molecular flexibility index (Phi) is 8.42. The van der Waals surface area contributed by atoms with Gasteiger partial charge in [0, 0.05) is 17.3 Å². The van der Waals surface area contributed by atoms with E-state index in [2.05, 4.69) is 5.32 Å². The van der Waals surface area contributed by atoms with Gasteiger partial charge in [-0.15, -0.1) is 23.2 Å². The van der Waals surface area contributed by atoms with Crippen molar-refractivity contribution in [1.82, 2.24) is 0 Å². The van der Waals surface area contributed by atoms with Crippen molar-refractivity contribution in [3.63, 3.8) is 0 Å². The Balaban J connectivity index is 1.18. The quantitative estimate of drug-likeness (QED) is 0.114. The largest absolute Gasteiger partial charge is 0.504 e. The van der Waals surface area contributed by atoms with Crippen LogP contribution in [0.5, 0.6) is 11.5 Å². The standard InChI is InChI=1S/C41H32Cl2FN3O6/c1-53-34-21-23(8-20-33(34)48)7-19-32-29-17-18-30-35(37(50)46(36(30)49)27-15-11-26(12-16-27)45-25-5-3-2-4-6-25)31(29)22-40(42)38(51)47(39(52)41(32,40)43)28-13-9-24(44)10-14-28/h2-17,19-21,30-32,35,45,48H,18,22H2,1H3/t30-,31+,32-,35-,40+,41-/m0/s1. The van der Waals surface area contributed by atoms with E-state index in [1.54, 1.807) is 48.6 Å². The molecule has 2 aliphatic carbocycles. The summed E-state index contributed by atoms with van der Waals surface area (Å²) in [6.07, 6.45) is 5.20. The molecule has 3 fully saturated rings. The number of rotatable bonds is 7. The Morgan fingerprint density at radius 1 is 0.830 bits per heavy atom. The van der Waals surface area contributed by atoms with Crippen molar-refractivity contribution in [3.8, 4) is 11.5 Å². The zero-order valence-electron chi connectivity index (χ0n) is 28.2. The number of ether oxygens (including phenoxy) is 1. The van der Waals surface area contributed by atoms with E-state index in [4.69, 9.17) is 27.9 Å². The molecule has 0 unspecified atom stereocenters. The minimum atomic E-state index is -2.06. The fourth-order valence-electron chi connectivity index (χ4n) is 8.29. The van der Waals surface area contributed by atoms with Crippen molar-refractivity contribution in [2.24, 2.45) is 23.7 Å². The fourth-order valence-corrected chi connectivity index (χ4v) is 9.18. The molecular weight excluding hydrogens is 720 g/mol. The van der Waals surface area contributed by atoms with Crippen LogP contribution in [0.25, 0.3) is 6.08 Å². The van der Waals surface area contributed by atoms with Crippen LogP contribution in [0, 0.1) is 29.5 Å². The van der Waals surface area contributed by atoms with Gasteiger partial charge in [0.2, 0.25) is 11.8 Å². The minimum Gasteiger partial charge on any atom is -0.504 e. The molecule has 0 radical (unpaired) electrons. The highest BCUT2D eigenvalue weighted by Gasteiger charge is 2.76. The number of methoxy groups -OCH3 is 1. The molecule has 4 amide bonds. The number of amides is 4. The van der Waals surface area contributed by atoms with E-state index < -0.39 is 57.0 Å². The number of aromatic hydroxyl groups is 1. The molecule has 2 N–H and O–H groups in total. The molecule has 4 aromatic rings. The maximum absolute atomic E-state index is 14.5. The highest BCUT2D eigenvalue weighted by Crippen LogP contribution is 2.63. The first-order valence-electron chi connectivity index (χ1n) is 17.0. The molecular formula is C41H32Cl2FN3O6. The molecule has 268 valence electrons. The Morgan fingerprint density at radius 3 is 2.19 bits per heavy atom. The smallest absolute Gasteiger partial charge is 0.258 e. The van der Waals surface area contributed by atoms with Crippen LogP contribution in [0.1, 0.15) is 18.4 Å². The van der Waals surface area contributed by atoms with E-state index in [0.29, 0.717) is 16.8 Å². The second-order valence-electron chi connectivity index (χ2n) is 13.6. The van der Waals surface area contributed by atoms with Crippen molar-refractivity contribution < 1.29 is 33.4 Å². The summed E-state index contributed by atoms with van der Waals surface area (Å²) in [6.45, 7) is 0. The summed E-state index contributed by atoms with van der Waals surface area (Å²) in [7, 11) is 1.42. The van der Waals surface area contributed by atoms with E-state index in [0.717, 1.165) is 28.4 Å². The Bertz CT molecular complexity index is 2230. The van der Waals surface area contributed by atoms with Crippen molar-refractivity contribution in [2.45, 2.75) is 22.6 Å². The van der Waals surface area contributed by atoms with Gasteiger partial charge in [-0.05, 0) is 97.1 Å². The van der Waals surface area contributed by atoms with Crippen LogP contribution in [0.2, 0.25) is 0 Å². The third kappa shape index (κ3) is 5.34. The number of benzene rings is 4. The highest BCUT2D eigenvalue weighted by molar-refractivity contribution is 6.58.